The van der Waals surface area contributed by atoms with Gasteiger partial charge in [0.25, 0.3) is 0 Å². The Morgan fingerprint density at radius 3 is 2.81 bits per heavy atom. The van der Waals surface area contributed by atoms with Crippen LogP contribution < -0.4 is 10.6 Å². The number of halogens is 1. The number of anilines is 1. The number of carbonyl (C=O) groups excluding carboxylic acids is 1. The first kappa shape index (κ1) is 21.7. The zero-order chi connectivity index (χ0) is 19.6. The fourth-order valence-electron chi connectivity index (χ4n) is 3.05. The van der Waals surface area contributed by atoms with Crippen LogP contribution in [-0.2, 0) is 9.53 Å². The molecule has 0 unspecified atom stereocenters. The lowest BCUT2D eigenvalue weighted by Crippen LogP contribution is -2.40. The van der Waals surface area contributed by atoms with E-state index in [1.54, 1.807) is 0 Å². The van der Waals surface area contributed by atoms with Gasteiger partial charge in [0, 0.05) is 43.5 Å². The van der Waals surface area contributed by atoms with Crippen molar-refractivity contribution in [1.82, 2.24) is 10.2 Å². The summed E-state index contributed by atoms with van der Waals surface area (Å²) < 4.78 is 6.36. The summed E-state index contributed by atoms with van der Waals surface area (Å²) in [6.45, 7) is 7.53. The number of nitrogens with zero attached hydrogens (tertiary/aromatic N) is 2. The molecule has 150 valence electrons. The number of hydrogen-bond acceptors (Lipinski definition) is 3. The van der Waals surface area contributed by atoms with E-state index in [1.807, 2.05) is 39.1 Å². The zero-order valence-electron chi connectivity index (χ0n) is 16.6. The topological polar surface area (TPSA) is 66.0 Å². The van der Waals surface area contributed by atoms with Gasteiger partial charge in [0.2, 0.25) is 5.91 Å². The Morgan fingerprint density at radius 2 is 2.11 bits per heavy atom. The summed E-state index contributed by atoms with van der Waals surface area (Å²) in [5, 5.41) is 6.21. The zero-order valence-corrected chi connectivity index (χ0v) is 18.1. The minimum absolute atomic E-state index is 0.0932. The van der Waals surface area contributed by atoms with Gasteiger partial charge in [-0.2, -0.15) is 0 Å². The first-order chi connectivity index (χ1) is 13.0. The maximum Gasteiger partial charge on any atom is 0.246 e. The second kappa shape index (κ2) is 11.3. The first-order valence-corrected chi connectivity index (χ1v) is 10.4. The molecule has 0 aromatic heterocycles. The van der Waals surface area contributed by atoms with Crippen LogP contribution in [0, 0.1) is 12.8 Å². The third kappa shape index (κ3) is 7.50. The van der Waals surface area contributed by atoms with E-state index in [0.717, 1.165) is 67.2 Å². The molecule has 1 saturated heterocycles. The van der Waals surface area contributed by atoms with Crippen LogP contribution in [0.2, 0.25) is 0 Å². The van der Waals surface area contributed by atoms with Crippen molar-refractivity contribution in [2.75, 3.05) is 45.2 Å². The SMILES string of the molecule is CCNC(=NCC(=O)Nc1cc(Br)ccc1C)N(C)CCC1CCOCC1. The van der Waals surface area contributed by atoms with Gasteiger partial charge in [-0.3, -0.25) is 4.79 Å². The van der Waals surface area contributed by atoms with Crippen molar-refractivity contribution in [1.29, 1.82) is 0 Å². The third-order valence-corrected chi connectivity index (χ3v) is 5.25. The van der Waals surface area contributed by atoms with Crippen molar-refractivity contribution < 1.29 is 9.53 Å². The van der Waals surface area contributed by atoms with Crippen molar-refractivity contribution in [3.05, 3.63) is 28.2 Å². The molecule has 1 aromatic carbocycles. The van der Waals surface area contributed by atoms with Crippen LogP contribution in [-0.4, -0.2) is 56.7 Å². The molecule has 7 heteroatoms. The highest BCUT2D eigenvalue weighted by Crippen LogP contribution is 2.20. The van der Waals surface area contributed by atoms with Gasteiger partial charge in [-0.1, -0.05) is 22.0 Å². The number of carbonyl (C=O) groups is 1. The maximum absolute atomic E-state index is 12.3. The van der Waals surface area contributed by atoms with Gasteiger partial charge < -0.3 is 20.3 Å². The highest BCUT2D eigenvalue weighted by Gasteiger charge is 2.15. The van der Waals surface area contributed by atoms with Crippen LogP contribution >= 0.6 is 15.9 Å². The van der Waals surface area contributed by atoms with Crippen molar-refractivity contribution in [2.45, 2.75) is 33.1 Å². The van der Waals surface area contributed by atoms with Crippen LogP contribution in [0.5, 0.6) is 0 Å². The second-order valence-corrected chi connectivity index (χ2v) is 7.86. The Balaban J connectivity index is 1.88. The van der Waals surface area contributed by atoms with E-state index in [-0.39, 0.29) is 12.5 Å². The quantitative estimate of drug-likeness (QED) is 0.505. The van der Waals surface area contributed by atoms with E-state index in [4.69, 9.17) is 4.74 Å². The Labute approximate surface area is 170 Å². The van der Waals surface area contributed by atoms with E-state index >= 15 is 0 Å². The Morgan fingerprint density at radius 1 is 1.37 bits per heavy atom. The van der Waals surface area contributed by atoms with Crippen molar-refractivity contribution >= 4 is 33.5 Å². The van der Waals surface area contributed by atoms with Gasteiger partial charge >= 0.3 is 0 Å². The van der Waals surface area contributed by atoms with Gasteiger partial charge in [0.1, 0.15) is 6.54 Å². The molecule has 1 aromatic rings. The standard InChI is InChI=1S/C20H31BrN4O2/c1-4-22-20(25(3)10-7-16-8-11-27-12-9-16)23-14-19(26)24-18-13-17(21)6-5-15(18)2/h5-6,13,16H,4,7-12,14H2,1-3H3,(H,22,23)(H,24,26). The minimum atomic E-state index is -0.121. The number of aliphatic imine (C=N–C) groups is 1. The lowest BCUT2D eigenvalue weighted by Gasteiger charge is -2.26. The van der Waals surface area contributed by atoms with Crippen LogP contribution in [0.1, 0.15) is 31.7 Å². The molecular formula is C20H31BrN4O2. The highest BCUT2D eigenvalue weighted by molar-refractivity contribution is 9.10. The summed E-state index contributed by atoms with van der Waals surface area (Å²) in [7, 11) is 2.02. The molecule has 0 saturated carbocycles. The molecule has 0 atom stereocenters. The summed E-state index contributed by atoms with van der Waals surface area (Å²) >= 11 is 3.43. The largest absolute Gasteiger partial charge is 0.381 e. The molecule has 0 aliphatic carbocycles. The molecule has 2 N–H and O–H groups in total. The minimum Gasteiger partial charge on any atom is -0.381 e. The van der Waals surface area contributed by atoms with Crippen molar-refractivity contribution in [3.63, 3.8) is 0 Å². The Kier molecular flexibility index (Phi) is 9.07. The number of benzene rings is 1. The number of rotatable bonds is 7. The average molecular weight is 439 g/mol. The Hall–Kier alpha value is -1.60. The number of amides is 1. The molecule has 1 aliphatic heterocycles. The first-order valence-electron chi connectivity index (χ1n) is 9.62. The number of guanidine groups is 1. The summed E-state index contributed by atoms with van der Waals surface area (Å²) in [5.41, 5.74) is 1.83. The molecule has 0 bridgehead atoms. The van der Waals surface area contributed by atoms with E-state index in [2.05, 4.69) is 36.5 Å². The van der Waals surface area contributed by atoms with E-state index < -0.39 is 0 Å². The molecule has 1 heterocycles. The summed E-state index contributed by atoms with van der Waals surface area (Å²) in [6.07, 6.45) is 3.39. The normalized spacial score (nSPS) is 15.5. The number of hydrogen-bond donors (Lipinski definition) is 2. The van der Waals surface area contributed by atoms with Gasteiger partial charge in [0.05, 0.1) is 0 Å². The third-order valence-electron chi connectivity index (χ3n) is 4.76. The lowest BCUT2D eigenvalue weighted by atomic mass is 9.96. The predicted molar refractivity (Wildman–Crippen MR) is 114 cm³/mol. The fourth-order valence-corrected chi connectivity index (χ4v) is 3.41. The molecule has 1 fully saturated rings. The predicted octanol–water partition coefficient (Wildman–Crippen LogP) is 3.41. The lowest BCUT2D eigenvalue weighted by molar-refractivity contribution is -0.114. The van der Waals surface area contributed by atoms with E-state index in [0.29, 0.717) is 5.92 Å². The summed E-state index contributed by atoms with van der Waals surface area (Å²) in [4.78, 5) is 18.9. The fraction of sp³-hybridized carbons (Fsp3) is 0.600. The molecule has 1 aliphatic rings. The highest BCUT2D eigenvalue weighted by atomic mass is 79.9. The van der Waals surface area contributed by atoms with E-state index in [1.165, 1.54) is 0 Å². The monoisotopic (exact) mass is 438 g/mol. The van der Waals surface area contributed by atoms with Crippen LogP contribution in [0.15, 0.2) is 27.7 Å². The molecule has 1 amide bonds. The van der Waals surface area contributed by atoms with Crippen LogP contribution in [0.4, 0.5) is 5.69 Å². The van der Waals surface area contributed by atoms with Crippen molar-refractivity contribution in [2.24, 2.45) is 10.9 Å². The Bertz CT molecular complexity index is 645. The number of nitrogens with one attached hydrogen (secondary N) is 2. The molecule has 27 heavy (non-hydrogen) atoms. The second-order valence-electron chi connectivity index (χ2n) is 6.94. The van der Waals surface area contributed by atoms with Crippen LogP contribution in [0.25, 0.3) is 0 Å². The average Bonchev–Trinajstić information content (AvgIpc) is 2.67. The smallest absolute Gasteiger partial charge is 0.246 e. The molecule has 0 radical (unpaired) electrons. The van der Waals surface area contributed by atoms with Gasteiger partial charge in [-0.05, 0) is 56.7 Å². The van der Waals surface area contributed by atoms with Gasteiger partial charge in [-0.15, -0.1) is 0 Å². The van der Waals surface area contributed by atoms with Crippen LogP contribution in [0.3, 0.4) is 0 Å². The summed E-state index contributed by atoms with van der Waals surface area (Å²) in [5.74, 6) is 1.36. The summed E-state index contributed by atoms with van der Waals surface area (Å²) in [6, 6.07) is 5.83. The molecular weight excluding hydrogens is 408 g/mol. The van der Waals surface area contributed by atoms with Gasteiger partial charge in [-0.25, -0.2) is 4.99 Å². The van der Waals surface area contributed by atoms with E-state index in [9.17, 15) is 4.79 Å². The molecule has 2 rings (SSSR count). The number of aryl methyl sites for hydroxylation is 1. The van der Waals surface area contributed by atoms with Crippen molar-refractivity contribution in [3.8, 4) is 0 Å². The molecule has 0 spiro atoms. The maximum atomic E-state index is 12.3. The van der Waals surface area contributed by atoms with Gasteiger partial charge in [0.15, 0.2) is 5.96 Å². The molecule has 6 nitrogen and oxygen atoms in total. The number of ether oxygens (including phenoxy) is 1.